The molecule has 4 heteroatoms. The molecule has 1 fully saturated rings. The Labute approximate surface area is 99.5 Å². The van der Waals surface area contributed by atoms with Gasteiger partial charge >= 0.3 is 0 Å². The highest BCUT2D eigenvalue weighted by Crippen LogP contribution is 2.13. The summed E-state index contributed by atoms with van der Waals surface area (Å²) in [7, 11) is 4.04. The number of nitrogens with zero attached hydrogens (tertiary/aromatic N) is 2. The summed E-state index contributed by atoms with van der Waals surface area (Å²) in [6, 6.07) is 0. The van der Waals surface area contributed by atoms with Crippen LogP contribution in [0.1, 0.15) is 26.2 Å². The Morgan fingerprint density at radius 2 is 2.25 bits per heavy atom. The number of nitrogens with one attached hydrogen (secondary N) is 2. The molecule has 1 rings (SSSR count). The maximum atomic E-state index is 4.21. The molecule has 4 nitrogen and oxygen atoms in total. The average Bonchev–Trinajstić information content (AvgIpc) is 2.29. The molecule has 0 aliphatic carbocycles. The van der Waals surface area contributed by atoms with Crippen LogP contribution >= 0.6 is 0 Å². The molecular weight excluding hydrogens is 200 g/mol. The fraction of sp³-hybridized carbons (Fsp3) is 0.917. The zero-order chi connectivity index (χ0) is 11.8. The lowest BCUT2D eigenvalue weighted by atomic mass is 9.99. The predicted octanol–water partition coefficient (Wildman–Crippen LogP) is 0.903. The van der Waals surface area contributed by atoms with Gasteiger partial charge in [-0.1, -0.05) is 6.92 Å². The number of hydrogen-bond donors (Lipinski definition) is 2. The molecule has 1 saturated heterocycles. The van der Waals surface area contributed by atoms with E-state index in [2.05, 4.69) is 34.5 Å². The standard InChI is InChI=1S/C12H26N4/c1-4-7-14-12(13-2)15-9-11-6-5-8-16(3)10-11/h11H,4-10H2,1-3H3,(H2,13,14,15). The smallest absolute Gasteiger partial charge is 0.190 e. The molecular formula is C12H26N4. The van der Waals surface area contributed by atoms with E-state index < -0.39 is 0 Å². The Bertz CT molecular complexity index is 215. The Kier molecular flexibility index (Phi) is 6.23. The number of rotatable bonds is 4. The largest absolute Gasteiger partial charge is 0.356 e. The Morgan fingerprint density at radius 1 is 1.44 bits per heavy atom. The fourth-order valence-electron chi connectivity index (χ4n) is 2.14. The first-order valence-electron chi connectivity index (χ1n) is 6.39. The summed E-state index contributed by atoms with van der Waals surface area (Å²) < 4.78 is 0. The van der Waals surface area contributed by atoms with Crippen LogP contribution in [0, 0.1) is 5.92 Å². The molecule has 1 atom stereocenters. The van der Waals surface area contributed by atoms with E-state index in [1.54, 1.807) is 0 Å². The van der Waals surface area contributed by atoms with Crippen LogP contribution in [-0.4, -0.2) is 51.1 Å². The predicted molar refractivity (Wildman–Crippen MR) is 69.9 cm³/mol. The fourth-order valence-corrected chi connectivity index (χ4v) is 2.14. The number of hydrogen-bond acceptors (Lipinski definition) is 2. The maximum absolute atomic E-state index is 4.21. The van der Waals surface area contributed by atoms with Crippen LogP contribution in [0.25, 0.3) is 0 Å². The second-order valence-corrected chi connectivity index (χ2v) is 4.65. The molecule has 1 unspecified atom stereocenters. The van der Waals surface area contributed by atoms with Crippen LogP contribution in [-0.2, 0) is 0 Å². The molecule has 0 aromatic rings. The van der Waals surface area contributed by atoms with Crippen molar-refractivity contribution in [2.45, 2.75) is 26.2 Å². The molecule has 16 heavy (non-hydrogen) atoms. The van der Waals surface area contributed by atoms with E-state index in [1.807, 2.05) is 7.05 Å². The van der Waals surface area contributed by atoms with Crippen LogP contribution in [0.15, 0.2) is 4.99 Å². The summed E-state index contributed by atoms with van der Waals surface area (Å²) in [6.07, 6.45) is 3.79. The van der Waals surface area contributed by atoms with Crippen molar-refractivity contribution in [2.75, 3.05) is 40.3 Å². The van der Waals surface area contributed by atoms with Gasteiger partial charge in [0.15, 0.2) is 5.96 Å². The highest BCUT2D eigenvalue weighted by Gasteiger charge is 2.16. The molecule has 1 aliphatic heterocycles. The molecule has 0 aromatic carbocycles. The highest BCUT2D eigenvalue weighted by molar-refractivity contribution is 5.79. The van der Waals surface area contributed by atoms with E-state index in [9.17, 15) is 0 Å². The SMILES string of the molecule is CCCNC(=NC)NCC1CCCN(C)C1. The van der Waals surface area contributed by atoms with Crippen molar-refractivity contribution >= 4 is 5.96 Å². The van der Waals surface area contributed by atoms with E-state index in [-0.39, 0.29) is 0 Å². The Hall–Kier alpha value is -0.770. The number of likely N-dealkylation sites (tertiary alicyclic amines) is 1. The molecule has 2 N–H and O–H groups in total. The van der Waals surface area contributed by atoms with Crippen molar-refractivity contribution in [3.05, 3.63) is 0 Å². The summed E-state index contributed by atoms with van der Waals surface area (Å²) in [4.78, 5) is 6.62. The number of aliphatic imine (C=N–C) groups is 1. The van der Waals surface area contributed by atoms with Gasteiger partial charge in [-0.15, -0.1) is 0 Å². The monoisotopic (exact) mass is 226 g/mol. The van der Waals surface area contributed by atoms with E-state index in [0.717, 1.165) is 31.4 Å². The summed E-state index contributed by atoms with van der Waals surface area (Å²) in [5, 5.41) is 6.70. The first kappa shape index (κ1) is 13.3. The summed E-state index contributed by atoms with van der Waals surface area (Å²) >= 11 is 0. The minimum absolute atomic E-state index is 0.763. The first-order valence-corrected chi connectivity index (χ1v) is 6.39. The van der Waals surface area contributed by atoms with Gasteiger partial charge in [-0.05, 0) is 38.8 Å². The molecule has 0 radical (unpaired) electrons. The van der Waals surface area contributed by atoms with Crippen molar-refractivity contribution in [1.82, 2.24) is 15.5 Å². The van der Waals surface area contributed by atoms with Gasteiger partial charge in [0.25, 0.3) is 0 Å². The lowest BCUT2D eigenvalue weighted by molar-refractivity contribution is 0.210. The lowest BCUT2D eigenvalue weighted by Crippen LogP contribution is -2.43. The molecule has 0 saturated carbocycles. The first-order chi connectivity index (χ1) is 7.76. The third-order valence-electron chi connectivity index (χ3n) is 3.05. The average molecular weight is 226 g/mol. The van der Waals surface area contributed by atoms with E-state index in [1.165, 1.54) is 25.9 Å². The third-order valence-corrected chi connectivity index (χ3v) is 3.05. The van der Waals surface area contributed by atoms with Gasteiger partial charge in [-0.3, -0.25) is 4.99 Å². The van der Waals surface area contributed by atoms with Crippen molar-refractivity contribution < 1.29 is 0 Å². The van der Waals surface area contributed by atoms with Gasteiger partial charge in [0.2, 0.25) is 0 Å². The van der Waals surface area contributed by atoms with Crippen molar-refractivity contribution in [1.29, 1.82) is 0 Å². The van der Waals surface area contributed by atoms with Crippen molar-refractivity contribution in [3.63, 3.8) is 0 Å². The molecule has 0 amide bonds. The van der Waals surface area contributed by atoms with E-state index in [0.29, 0.717) is 0 Å². The highest BCUT2D eigenvalue weighted by atomic mass is 15.2. The van der Waals surface area contributed by atoms with Crippen LogP contribution < -0.4 is 10.6 Å². The zero-order valence-electron chi connectivity index (χ0n) is 10.9. The van der Waals surface area contributed by atoms with Gasteiger partial charge in [-0.25, -0.2) is 0 Å². The summed E-state index contributed by atoms with van der Waals surface area (Å²) in [5.74, 6) is 1.70. The van der Waals surface area contributed by atoms with Crippen molar-refractivity contribution in [3.8, 4) is 0 Å². The van der Waals surface area contributed by atoms with Crippen molar-refractivity contribution in [2.24, 2.45) is 10.9 Å². The molecule has 94 valence electrons. The second kappa shape index (κ2) is 7.49. The summed E-state index contributed by atoms with van der Waals surface area (Å²) in [6.45, 7) is 6.64. The second-order valence-electron chi connectivity index (χ2n) is 4.65. The van der Waals surface area contributed by atoms with Gasteiger partial charge in [0.1, 0.15) is 0 Å². The molecule has 0 aromatic heterocycles. The van der Waals surface area contributed by atoms with Gasteiger partial charge < -0.3 is 15.5 Å². The Morgan fingerprint density at radius 3 is 2.88 bits per heavy atom. The molecule has 0 bridgehead atoms. The van der Waals surface area contributed by atoms with Crippen LogP contribution in [0.3, 0.4) is 0 Å². The molecule has 1 aliphatic rings. The summed E-state index contributed by atoms with van der Waals surface area (Å²) in [5.41, 5.74) is 0. The number of guanidine groups is 1. The Balaban J connectivity index is 2.21. The normalized spacial score (nSPS) is 23.2. The lowest BCUT2D eigenvalue weighted by Gasteiger charge is -2.30. The number of piperidine rings is 1. The molecule has 1 heterocycles. The zero-order valence-corrected chi connectivity index (χ0v) is 10.9. The van der Waals surface area contributed by atoms with Gasteiger partial charge in [0.05, 0.1) is 0 Å². The van der Waals surface area contributed by atoms with Crippen LogP contribution in [0.5, 0.6) is 0 Å². The van der Waals surface area contributed by atoms with Crippen LogP contribution in [0.2, 0.25) is 0 Å². The van der Waals surface area contributed by atoms with E-state index in [4.69, 9.17) is 0 Å². The van der Waals surface area contributed by atoms with Crippen LogP contribution in [0.4, 0.5) is 0 Å². The third kappa shape index (κ3) is 4.84. The quantitative estimate of drug-likeness (QED) is 0.553. The molecule has 0 spiro atoms. The minimum Gasteiger partial charge on any atom is -0.356 e. The van der Waals surface area contributed by atoms with Gasteiger partial charge in [0, 0.05) is 26.7 Å². The minimum atomic E-state index is 0.763. The maximum Gasteiger partial charge on any atom is 0.190 e. The van der Waals surface area contributed by atoms with E-state index >= 15 is 0 Å². The topological polar surface area (TPSA) is 39.7 Å². The van der Waals surface area contributed by atoms with Gasteiger partial charge in [-0.2, -0.15) is 0 Å².